The zero-order valence-electron chi connectivity index (χ0n) is 10.1. The van der Waals surface area contributed by atoms with Gasteiger partial charge < -0.3 is 14.9 Å². The quantitative estimate of drug-likeness (QED) is 0.814. The first-order valence-corrected chi connectivity index (χ1v) is 5.40. The molecule has 0 aliphatic heterocycles. The fraction of sp³-hybridized carbons (Fsp3) is 0.667. The lowest BCUT2D eigenvalue weighted by atomic mass is 10.1. The van der Waals surface area contributed by atoms with Gasteiger partial charge in [-0.2, -0.15) is 0 Å². The molecule has 0 saturated heterocycles. The monoisotopic (exact) mass is 211 g/mol. The van der Waals surface area contributed by atoms with Crippen molar-refractivity contribution in [3.63, 3.8) is 0 Å². The van der Waals surface area contributed by atoms with Crippen LogP contribution in [-0.4, -0.2) is 5.60 Å². The topological polar surface area (TPSA) is 48.4 Å². The SMILES string of the molecule is CCC(C)(C)OCc1cc(CN)oc1C. The van der Waals surface area contributed by atoms with Crippen LogP contribution in [0.25, 0.3) is 0 Å². The van der Waals surface area contributed by atoms with Gasteiger partial charge in [0.05, 0.1) is 18.8 Å². The van der Waals surface area contributed by atoms with E-state index in [-0.39, 0.29) is 5.60 Å². The van der Waals surface area contributed by atoms with Gasteiger partial charge in [0.25, 0.3) is 0 Å². The van der Waals surface area contributed by atoms with Crippen LogP contribution in [0, 0.1) is 6.92 Å². The first kappa shape index (κ1) is 12.3. The number of hydrogen-bond acceptors (Lipinski definition) is 3. The van der Waals surface area contributed by atoms with Gasteiger partial charge in [-0.25, -0.2) is 0 Å². The average molecular weight is 211 g/mol. The highest BCUT2D eigenvalue weighted by Gasteiger charge is 2.16. The molecule has 1 aromatic heterocycles. The molecular weight excluding hydrogens is 190 g/mol. The van der Waals surface area contributed by atoms with Crippen LogP contribution >= 0.6 is 0 Å². The standard InChI is InChI=1S/C12H21NO2/c1-5-12(3,4)14-8-10-6-11(7-13)15-9(10)2/h6H,5,7-8,13H2,1-4H3. The van der Waals surface area contributed by atoms with Crippen molar-refractivity contribution < 1.29 is 9.15 Å². The van der Waals surface area contributed by atoms with Crippen molar-refractivity contribution in [3.8, 4) is 0 Å². The van der Waals surface area contributed by atoms with Crippen LogP contribution < -0.4 is 5.73 Å². The molecule has 1 heterocycles. The van der Waals surface area contributed by atoms with E-state index in [2.05, 4.69) is 20.8 Å². The minimum Gasteiger partial charge on any atom is -0.465 e. The molecule has 0 bridgehead atoms. The number of hydrogen-bond donors (Lipinski definition) is 1. The maximum Gasteiger partial charge on any atom is 0.118 e. The third-order valence-electron chi connectivity index (χ3n) is 2.74. The number of rotatable bonds is 5. The van der Waals surface area contributed by atoms with Crippen LogP contribution in [0.4, 0.5) is 0 Å². The molecular formula is C12H21NO2. The Kier molecular flexibility index (Phi) is 3.94. The molecule has 15 heavy (non-hydrogen) atoms. The number of ether oxygens (including phenoxy) is 1. The molecule has 3 heteroatoms. The van der Waals surface area contributed by atoms with E-state index in [1.807, 2.05) is 13.0 Å². The van der Waals surface area contributed by atoms with E-state index in [4.69, 9.17) is 14.9 Å². The van der Waals surface area contributed by atoms with Crippen molar-refractivity contribution in [2.45, 2.75) is 52.9 Å². The fourth-order valence-electron chi connectivity index (χ4n) is 1.21. The highest BCUT2D eigenvalue weighted by Crippen LogP contribution is 2.20. The van der Waals surface area contributed by atoms with Crippen LogP contribution in [0.2, 0.25) is 0 Å². The van der Waals surface area contributed by atoms with E-state index in [1.54, 1.807) is 0 Å². The summed E-state index contributed by atoms with van der Waals surface area (Å²) >= 11 is 0. The first-order valence-electron chi connectivity index (χ1n) is 5.40. The van der Waals surface area contributed by atoms with Crippen LogP contribution in [0.5, 0.6) is 0 Å². The predicted octanol–water partition coefficient (Wildman–Crippen LogP) is 2.75. The van der Waals surface area contributed by atoms with E-state index in [9.17, 15) is 0 Å². The summed E-state index contributed by atoms with van der Waals surface area (Å²) in [7, 11) is 0. The molecule has 86 valence electrons. The smallest absolute Gasteiger partial charge is 0.118 e. The van der Waals surface area contributed by atoms with E-state index in [0.29, 0.717) is 13.2 Å². The van der Waals surface area contributed by atoms with Crippen molar-refractivity contribution >= 4 is 0 Å². The summed E-state index contributed by atoms with van der Waals surface area (Å²) in [5.41, 5.74) is 6.52. The maximum atomic E-state index is 5.80. The second kappa shape index (κ2) is 4.81. The molecule has 1 rings (SSSR count). The second-order valence-electron chi connectivity index (χ2n) is 4.40. The van der Waals surface area contributed by atoms with Crippen LogP contribution in [0.1, 0.15) is 44.3 Å². The summed E-state index contributed by atoms with van der Waals surface area (Å²) in [6.07, 6.45) is 0.994. The van der Waals surface area contributed by atoms with Crippen molar-refractivity contribution in [2.24, 2.45) is 5.73 Å². The van der Waals surface area contributed by atoms with Gasteiger partial charge in [0.2, 0.25) is 0 Å². The summed E-state index contributed by atoms with van der Waals surface area (Å²) < 4.78 is 11.3. The molecule has 2 N–H and O–H groups in total. The average Bonchev–Trinajstić information content (AvgIpc) is 2.57. The summed E-state index contributed by atoms with van der Waals surface area (Å²) in [4.78, 5) is 0. The summed E-state index contributed by atoms with van der Waals surface area (Å²) in [6.45, 7) is 9.27. The van der Waals surface area contributed by atoms with Crippen LogP contribution in [-0.2, 0) is 17.9 Å². The zero-order valence-corrected chi connectivity index (χ0v) is 10.1. The van der Waals surface area contributed by atoms with Gasteiger partial charge in [0, 0.05) is 5.56 Å². The van der Waals surface area contributed by atoms with Gasteiger partial charge in [-0.1, -0.05) is 6.92 Å². The van der Waals surface area contributed by atoms with E-state index in [0.717, 1.165) is 23.5 Å². The van der Waals surface area contributed by atoms with Gasteiger partial charge in [-0.05, 0) is 33.3 Å². The molecule has 0 fully saturated rings. The van der Waals surface area contributed by atoms with E-state index < -0.39 is 0 Å². The Morgan fingerprint density at radius 1 is 1.47 bits per heavy atom. The maximum absolute atomic E-state index is 5.80. The Labute approximate surface area is 91.6 Å². The highest BCUT2D eigenvalue weighted by molar-refractivity contribution is 5.19. The number of aryl methyl sites for hydroxylation is 1. The van der Waals surface area contributed by atoms with Gasteiger partial charge in [0.1, 0.15) is 11.5 Å². The zero-order chi connectivity index (χ0) is 11.5. The van der Waals surface area contributed by atoms with Crippen molar-refractivity contribution in [3.05, 3.63) is 23.2 Å². The molecule has 0 aliphatic rings. The Bertz CT molecular complexity index is 315. The lowest BCUT2D eigenvalue weighted by molar-refractivity contribution is -0.0320. The summed E-state index contributed by atoms with van der Waals surface area (Å²) in [5.74, 6) is 1.72. The van der Waals surface area contributed by atoms with Crippen LogP contribution in [0.3, 0.4) is 0 Å². The molecule has 0 atom stereocenters. The van der Waals surface area contributed by atoms with Gasteiger partial charge in [-0.3, -0.25) is 0 Å². The molecule has 3 nitrogen and oxygen atoms in total. The second-order valence-corrected chi connectivity index (χ2v) is 4.40. The van der Waals surface area contributed by atoms with Crippen LogP contribution in [0.15, 0.2) is 10.5 Å². The normalized spacial score (nSPS) is 12.1. The molecule has 0 unspecified atom stereocenters. The summed E-state index contributed by atoms with van der Waals surface area (Å²) in [6, 6.07) is 1.97. The molecule has 0 radical (unpaired) electrons. The fourth-order valence-corrected chi connectivity index (χ4v) is 1.21. The lowest BCUT2D eigenvalue weighted by Crippen LogP contribution is -2.22. The molecule has 0 aliphatic carbocycles. The minimum absolute atomic E-state index is 0.0768. The molecule has 0 saturated carbocycles. The van der Waals surface area contributed by atoms with Crippen molar-refractivity contribution in [2.75, 3.05) is 0 Å². The third-order valence-corrected chi connectivity index (χ3v) is 2.74. The number of nitrogens with two attached hydrogens (primary N) is 1. The van der Waals surface area contributed by atoms with Gasteiger partial charge in [-0.15, -0.1) is 0 Å². The Balaban J connectivity index is 2.61. The van der Waals surface area contributed by atoms with Crippen molar-refractivity contribution in [1.82, 2.24) is 0 Å². The van der Waals surface area contributed by atoms with E-state index >= 15 is 0 Å². The first-order chi connectivity index (χ1) is 6.98. The minimum atomic E-state index is -0.0768. The lowest BCUT2D eigenvalue weighted by Gasteiger charge is -2.23. The summed E-state index contributed by atoms with van der Waals surface area (Å²) in [5, 5.41) is 0. The molecule has 1 aromatic rings. The van der Waals surface area contributed by atoms with Gasteiger partial charge >= 0.3 is 0 Å². The van der Waals surface area contributed by atoms with Gasteiger partial charge in [0.15, 0.2) is 0 Å². The van der Waals surface area contributed by atoms with Crippen molar-refractivity contribution in [1.29, 1.82) is 0 Å². The molecule has 0 amide bonds. The third kappa shape index (κ3) is 3.36. The largest absolute Gasteiger partial charge is 0.465 e. The highest BCUT2D eigenvalue weighted by atomic mass is 16.5. The van der Waals surface area contributed by atoms with E-state index in [1.165, 1.54) is 0 Å². The predicted molar refractivity (Wildman–Crippen MR) is 60.5 cm³/mol. The molecule has 0 aromatic carbocycles. The Hall–Kier alpha value is -0.800. The number of furan rings is 1. The Morgan fingerprint density at radius 3 is 2.60 bits per heavy atom. The Morgan fingerprint density at radius 2 is 2.13 bits per heavy atom. The molecule has 0 spiro atoms.